The zero-order valence-corrected chi connectivity index (χ0v) is 15.9. The summed E-state index contributed by atoms with van der Waals surface area (Å²) in [5, 5.41) is 1.02. The van der Waals surface area contributed by atoms with Gasteiger partial charge in [0.2, 0.25) is 0 Å². The van der Waals surface area contributed by atoms with E-state index in [4.69, 9.17) is 4.42 Å². The fourth-order valence-electron chi connectivity index (χ4n) is 4.32. The van der Waals surface area contributed by atoms with Crippen LogP contribution >= 0.6 is 0 Å². The maximum atomic E-state index is 13.0. The Morgan fingerprint density at radius 2 is 1.89 bits per heavy atom. The number of nitrogens with zero attached hydrogens (tertiary/aromatic N) is 2. The lowest BCUT2D eigenvalue weighted by Gasteiger charge is -2.29. The number of piperidine rings is 1. The van der Waals surface area contributed by atoms with E-state index in [2.05, 4.69) is 14.9 Å². The largest absolute Gasteiger partial charge is 0.440 e. The molecule has 0 radical (unpaired) electrons. The summed E-state index contributed by atoms with van der Waals surface area (Å²) in [6.45, 7) is 4.21. The fourth-order valence-corrected chi connectivity index (χ4v) is 4.32. The minimum absolute atomic E-state index is 0.190. The molecule has 1 aliphatic heterocycles. The molecule has 142 valence electrons. The highest BCUT2D eigenvalue weighted by Crippen LogP contribution is 2.30. The van der Waals surface area contributed by atoms with Gasteiger partial charge >= 0.3 is 0 Å². The summed E-state index contributed by atoms with van der Waals surface area (Å²) in [5.41, 5.74) is 4.58. The van der Waals surface area contributed by atoms with Crippen molar-refractivity contribution in [1.82, 2.24) is 14.9 Å². The zero-order chi connectivity index (χ0) is 19.1. The van der Waals surface area contributed by atoms with E-state index in [1.807, 2.05) is 55.5 Å². The van der Waals surface area contributed by atoms with E-state index in [0.29, 0.717) is 12.5 Å². The number of carbonyl (C=O) groups is 1. The molecule has 2 aromatic heterocycles. The number of rotatable bonds is 4. The Morgan fingerprint density at radius 3 is 2.71 bits per heavy atom. The van der Waals surface area contributed by atoms with Crippen LogP contribution in [0.15, 0.2) is 52.9 Å². The number of para-hydroxylation sites is 3. The maximum Gasteiger partial charge on any atom is 0.198 e. The lowest BCUT2D eigenvalue weighted by atomic mass is 9.96. The van der Waals surface area contributed by atoms with Crippen LogP contribution < -0.4 is 0 Å². The number of aromatic nitrogens is 2. The van der Waals surface area contributed by atoms with Crippen LogP contribution in [0.2, 0.25) is 0 Å². The van der Waals surface area contributed by atoms with E-state index in [1.54, 1.807) is 0 Å². The number of Topliss-reactive ketones (excluding diaryl/α,β-unsaturated/α-hetero) is 1. The van der Waals surface area contributed by atoms with E-state index in [9.17, 15) is 4.79 Å². The van der Waals surface area contributed by atoms with E-state index < -0.39 is 0 Å². The van der Waals surface area contributed by atoms with Crippen molar-refractivity contribution in [2.45, 2.75) is 25.7 Å². The number of hydrogen-bond acceptors (Lipinski definition) is 4. The third-order valence-electron chi connectivity index (χ3n) is 5.79. The number of nitrogens with one attached hydrogen (secondary N) is 1. The number of hydrogen-bond donors (Lipinski definition) is 1. The van der Waals surface area contributed by atoms with Gasteiger partial charge in [-0.3, -0.25) is 9.69 Å². The monoisotopic (exact) mass is 373 g/mol. The summed E-state index contributed by atoms with van der Waals surface area (Å²) in [5.74, 6) is 1.35. The molecule has 28 heavy (non-hydrogen) atoms. The molecular weight excluding hydrogens is 350 g/mol. The Morgan fingerprint density at radius 1 is 1.14 bits per heavy atom. The number of fused-ring (bicyclic) bond motifs is 2. The van der Waals surface area contributed by atoms with Crippen molar-refractivity contribution in [3.63, 3.8) is 0 Å². The first-order chi connectivity index (χ1) is 13.7. The van der Waals surface area contributed by atoms with Gasteiger partial charge in [-0.2, -0.15) is 0 Å². The minimum Gasteiger partial charge on any atom is -0.440 e. The number of oxazole rings is 1. The van der Waals surface area contributed by atoms with Gasteiger partial charge in [-0.15, -0.1) is 0 Å². The van der Waals surface area contributed by atoms with Gasteiger partial charge in [-0.05, 0) is 51.1 Å². The van der Waals surface area contributed by atoms with E-state index >= 15 is 0 Å². The Labute approximate surface area is 163 Å². The summed E-state index contributed by atoms with van der Waals surface area (Å²) >= 11 is 0. The molecule has 0 unspecified atom stereocenters. The second kappa shape index (κ2) is 6.91. The molecular formula is C23H23N3O2. The lowest BCUT2D eigenvalue weighted by Crippen LogP contribution is -2.37. The normalized spacial score (nSPS) is 16.2. The van der Waals surface area contributed by atoms with Crippen molar-refractivity contribution in [1.29, 1.82) is 0 Å². The van der Waals surface area contributed by atoms with Crippen LogP contribution in [-0.4, -0.2) is 40.3 Å². The lowest BCUT2D eigenvalue weighted by molar-refractivity contribution is 0.0907. The van der Waals surface area contributed by atoms with Gasteiger partial charge in [0.05, 0.1) is 6.54 Å². The Balaban J connectivity index is 1.27. The molecule has 1 saturated heterocycles. The molecule has 5 nitrogen and oxygen atoms in total. The highest BCUT2D eigenvalue weighted by Gasteiger charge is 2.26. The molecule has 1 fully saturated rings. The molecule has 0 saturated carbocycles. The van der Waals surface area contributed by atoms with Gasteiger partial charge in [0, 0.05) is 28.1 Å². The molecule has 1 N–H and O–H groups in total. The van der Waals surface area contributed by atoms with Gasteiger partial charge in [0.15, 0.2) is 17.3 Å². The molecule has 4 aromatic rings. The molecule has 3 heterocycles. The van der Waals surface area contributed by atoms with Crippen LogP contribution in [0.25, 0.3) is 22.0 Å². The molecule has 0 spiro atoms. The van der Waals surface area contributed by atoms with Crippen molar-refractivity contribution in [2.75, 3.05) is 19.6 Å². The van der Waals surface area contributed by atoms with Gasteiger partial charge in [0.1, 0.15) is 5.52 Å². The van der Waals surface area contributed by atoms with E-state index in [0.717, 1.165) is 65.1 Å². The minimum atomic E-state index is 0.190. The Bertz CT molecular complexity index is 1120. The Kier molecular flexibility index (Phi) is 4.24. The molecule has 5 rings (SSSR count). The summed E-state index contributed by atoms with van der Waals surface area (Å²) in [6.07, 6.45) is 1.93. The van der Waals surface area contributed by atoms with Crippen molar-refractivity contribution in [3.8, 4) is 0 Å². The zero-order valence-electron chi connectivity index (χ0n) is 15.9. The summed E-state index contributed by atoms with van der Waals surface area (Å²) in [7, 11) is 0. The SMILES string of the molecule is Cc1[nH]c2ccccc2c1C(=O)CN1CCC(c2nc3ccccc3o2)CC1. The predicted octanol–water partition coefficient (Wildman–Crippen LogP) is 4.68. The number of benzene rings is 2. The van der Waals surface area contributed by atoms with Gasteiger partial charge in [-0.25, -0.2) is 4.98 Å². The number of aryl methyl sites for hydroxylation is 1. The van der Waals surface area contributed by atoms with Crippen LogP contribution in [-0.2, 0) is 0 Å². The number of aromatic amines is 1. The number of likely N-dealkylation sites (tertiary alicyclic amines) is 1. The topological polar surface area (TPSA) is 62.1 Å². The molecule has 2 aromatic carbocycles. The molecule has 1 aliphatic rings. The standard InChI is InChI=1S/C23H23N3O2/c1-15-22(17-6-2-3-7-18(17)24-15)20(27)14-26-12-10-16(11-13-26)23-25-19-8-4-5-9-21(19)28-23/h2-9,16,24H,10-14H2,1H3. The maximum absolute atomic E-state index is 13.0. The molecule has 0 bridgehead atoms. The second-order valence-corrected chi connectivity index (χ2v) is 7.66. The quantitative estimate of drug-likeness (QED) is 0.528. The second-order valence-electron chi connectivity index (χ2n) is 7.66. The van der Waals surface area contributed by atoms with Gasteiger partial charge in [-0.1, -0.05) is 30.3 Å². The van der Waals surface area contributed by atoms with Crippen LogP contribution in [0, 0.1) is 6.92 Å². The first kappa shape index (κ1) is 17.2. The van der Waals surface area contributed by atoms with Crippen molar-refractivity contribution >= 4 is 27.8 Å². The predicted molar refractivity (Wildman–Crippen MR) is 110 cm³/mol. The first-order valence-corrected chi connectivity index (χ1v) is 9.87. The Hall–Kier alpha value is -2.92. The first-order valence-electron chi connectivity index (χ1n) is 9.87. The number of H-pyrrole nitrogens is 1. The third-order valence-corrected chi connectivity index (χ3v) is 5.79. The van der Waals surface area contributed by atoms with Crippen molar-refractivity contribution in [3.05, 3.63) is 65.7 Å². The molecule has 0 atom stereocenters. The van der Waals surface area contributed by atoms with Gasteiger partial charge < -0.3 is 9.40 Å². The number of ketones is 1. The summed E-state index contributed by atoms with van der Waals surface area (Å²) in [6, 6.07) is 15.9. The van der Waals surface area contributed by atoms with Gasteiger partial charge in [0.25, 0.3) is 0 Å². The van der Waals surface area contributed by atoms with Crippen molar-refractivity contribution < 1.29 is 9.21 Å². The van der Waals surface area contributed by atoms with Crippen LogP contribution in [0.5, 0.6) is 0 Å². The smallest absolute Gasteiger partial charge is 0.198 e. The molecule has 0 amide bonds. The van der Waals surface area contributed by atoms with Crippen LogP contribution in [0.4, 0.5) is 0 Å². The van der Waals surface area contributed by atoms with E-state index in [-0.39, 0.29) is 5.78 Å². The highest BCUT2D eigenvalue weighted by atomic mass is 16.3. The molecule has 0 aliphatic carbocycles. The van der Waals surface area contributed by atoms with Crippen molar-refractivity contribution in [2.24, 2.45) is 0 Å². The summed E-state index contributed by atoms with van der Waals surface area (Å²) < 4.78 is 5.95. The average molecular weight is 373 g/mol. The number of carbonyl (C=O) groups excluding carboxylic acids is 1. The average Bonchev–Trinajstić information content (AvgIpc) is 3.28. The highest BCUT2D eigenvalue weighted by molar-refractivity contribution is 6.10. The fraction of sp³-hybridized carbons (Fsp3) is 0.304. The molecule has 5 heteroatoms. The van der Waals surface area contributed by atoms with E-state index in [1.165, 1.54) is 0 Å². The third kappa shape index (κ3) is 3.02. The summed E-state index contributed by atoms with van der Waals surface area (Å²) in [4.78, 5) is 23.2. The van der Waals surface area contributed by atoms with Crippen LogP contribution in [0.1, 0.15) is 40.7 Å². The van der Waals surface area contributed by atoms with Crippen LogP contribution in [0.3, 0.4) is 0 Å².